The molecule has 12 heteroatoms. The smallest absolute Gasteiger partial charge is 0.356 e. The van der Waals surface area contributed by atoms with Crippen LogP contribution in [0.25, 0.3) is 0 Å². The van der Waals surface area contributed by atoms with Crippen LogP contribution in [0.3, 0.4) is 0 Å². The first-order valence-corrected chi connectivity index (χ1v) is 20.1. The predicted octanol–water partition coefficient (Wildman–Crippen LogP) is 6.64. The number of nitro groups is 1. The Morgan fingerprint density at radius 2 is 1.53 bits per heavy atom. The number of carboxylic acids is 1. The first-order chi connectivity index (χ1) is 21.9. The monoisotopic (exact) mass is 676 g/mol. The van der Waals surface area contributed by atoms with E-state index in [9.17, 15) is 24.8 Å². The molecule has 0 aliphatic carbocycles. The second kappa shape index (κ2) is 12.2. The highest BCUT2D eigenvalue weighted by molar-refractivity contribution is 7.74. The molecule has 0 saturated carbocycles. The van der Waals surface area contributed by atoms with E-state index in [0.717, 1.165) is 0 Å². The van der Waals surface area contributed by atoms with E-state index >= 15 is 4.57 Å². The van der Waals surface area contributed by atoms with Gasteiger partial charge in [0.2, 0.25) is 5.91 Å². The van der Waals surface area contributed by atoms with Crippen molar-refractivity contribution >= 4 is 43.9 Å². The van der Waals surface area contributed by atoms with Crippen LogP contribution in [0.5, 0.6) is 0 Å². The molecule has 47 heavy (non-hydrogen) atoms. The van der Waals surface area contributed by atoms with Crippen LogP contribution in [0.1, 0.15) is 40.2 Å². The van der Waals surface area contributed by atoms with Gasteiger partial charge in [-0.25, -0.2) is 4.79 Å². The van der Waals surface area contributed by atoms with Crippen LogP contribution in [-0.4, -0.2) is 47.3 Å². The van der Waals surface area contributed by atoms with Gasteiger partial charge in [0.15, 0.2) is 14.0 Å². The summed E-state index contributed by atoms with van der Waals surface area (Å²) < 4.78 is 28.5. The minimum Gasteiger partial charge on any atom is -0.476 e. The summed E-state index contributed by atoms with van der Waals surface area (Å²) in [6.45, 7) is 14.2. The number of carboxylic acid groups (broad SMARTS) is 1. The fraction of sp³-hybridized carbons (Fsp3) is 0.371. The van der Waals surface area contributed by atoms with Gasteiger partial charge in [-0.3, -0.25) is 24.4 Å². The fourth-order valence-corrected chi connectivity index (χ4v) is 10.1. The average molecular weight is 677 g/mol. The first kappa shape index (κ1) is 34.3. The highest BCUT2D eigenvalue weighted by Gasteiger charge is 2.68. The maximum Gasteiger partial charge on any atom is 0.356 e. The minimum atomic E-state index is -3.97. The quantitative estimate of drug-likeness (QED) is 0.0786. The fourth-order valence-electron chi connectivity index (χ4n) is 6.45. The zero-order valence-electron chi connectivity index (χ0n) is 27.7. The molecule has 10 nitrogen and oxygen atoms in total. The van der Waals surface area contributed by atoms with Gasteiger partial charge in [0.1, 0.15) is 5.76 Å². The number of aliphatic carboxylic acids is 1. The van der Waals surface area contributed by atoms with E-state index < -0.39 is 56.0 Å². The van der Waals surface area contributed by atoms with E-state index in [4.69, 9.17) is 8.95 Å². The van der Waals surface area contributed by atoms with E-state index in [-0.39, 0.29) is 28.6 Å². The second-order valence-corrected chi connectivity index (χ2v) is 21.2. The molecule has 2 heterocycles. The number of hydrogen-bond donors (Lipinski definition) is 1. The third-order valence-electron chi connectivity index (χ3n) is 9.89. The highest BCUT2D eigenvalue weighted by Crippen LogP contribution is 2.61. The molecule has 1 saturated heterocycles. The molecule has 5 rings (SSSR count). The molecular weight excluding hydrogens is 635 g/mol. The van der Waals surface area contributed by atoms with Crippen molar-refractivity contribution in [2.24, 2.45) is 11.3 Å². The molecule has 1 fully saturated rings. The van der Waals surface area contributed by atoms with Gasteiger partial charge >= 0.3 is 13.3 Å². The van der Waals surface area contributed by atoms with Crippen molar-refractivity contribution in [1.29, 1.82) is 0 Å². The number of benzene rings is 3. The number of carbonyl (C=O) groups excluding carboxylic acids is 1. The minimum absolute atomic E-state index is 0.0697. The van der Waals surface area contributed by atoms with Crippen molar-refractivity contribution in [2.45, 2.75) is 71.3 Å². The molecule has 1 amide bonds. The van der Waals surface area contributed by atoms with Crippen molar-refractivity contribution < 1.29 is 33.1 Å². The molecule has 0 bridgehead atoms. The summed E-state index contributed by atoms with van der Waals surface area (Å²) in [6.07, 6.45) is -0.399. The Labute approximate surface area is 276 Å². The van der Waals surface area contributed by atoms with Crippen LogP contribution in [0, 0.1) is 21.4 Å². The number of non-ortho nitro benzene ring substituents is 1. The summed E-state index contributed by atoms with van der Waals surface area (Å²) in [5, 5.41) is 22.6. The van der Waals surface area contributed by atoms with Crippen molar-refractivity contribution in [3.63, 3.8) is 0 Å². The SMILES string of the molecule is C[C@@H](O[Si](C)(C)C(C)(C)C)[C@H]1C(=O)N2C(C(=O)O)=C(OP(=O)(c3ccccc3)c3ccccc3)[C@](C)(Cc3ccc([N+](=O)[O-])cc3)[C@H]12. The lowest BCUT2D eigenvalue weighted by Crippen LogP contribution is -2.67. The Morgan fingerprint density at radius 1 is 1.02 bits per heavy atom. The molecular formula is C35H41N2O8PSi. The van der Waals surface area contributed by atoms with Crippen LogP contribution in [0.4, 0.5) is 5.69 Å². The van der Waals surface area contributed by atoms with Gasteiger partial charge in [-0.15, -0.1) is 0 Å². The standard InChI is InChI=1S/C35H41N2O8PSi/c1-23(45-47(6,7)34(2,3)4)28-30-35(5,22-24-18-20-25(21-19-24)37(41)42)31(29(33(39)40)36(30)32(28)38)44-46(43,26-14-10-8-11-15-26)27-16-12-9-13-17-27/h8-21,23,28,30H,22H2,1-7H3,(H,39,40)/t23-,28-,30+,35-/m1/s1. The molecule has 3 aromatic carbocycles. The molecule has 4 atom stereocenters. The average Bonchev–Trinajstić information content (AvgIpc) is 3.21. The first-order valence-electron chi connectivity index (χ1n) is 15.6. The van der Waals surface area contributed by atoms with Crippen LogP contribution in [-0.2, 0) is 29.5 Å². The van der Waals surface area contributed by atoms with E-state index in [1.54, 1.807) is 72.8 Å². The van der Waals surface area contributed by atoms with Gasteiger partial charge in [0.05, 0.1) is 39.0 Å². The molecule has 1 N–H and O–H groups in total. The lowest BCUT2D eigenvalue weighted by molar-refractivity contribution is -0.384. The summed E-state index contributed by atoms with van der Waals surface area (Å²) in [5.74, 6) is -2.56. The number of hydrogen-bond acceptors (Lipinski definition) is 7. The highest BCUT2D eigenvalue weighted by atomic mass is 31.2. The van der Waals surface area contributed by atoms with Crippen LogP contribution in [0.2, 0.25) is 18.1 Å². The number of rotatable bonds is 11. The van der Waals surface area contributed by atoms with Gasteiger partial charge in [-0.1, -0.05) is 76.2 Å². The summed E-state index contributed by atoms with van der Waals surface area (Å²) >= 11 is 0. The third kappa shape index (κ3) is 5.96. The largest absolute Gasteiger partial charge is 0.476 e. The van der Waals surface area contributed by atoms with Gasteiger partial charge in [-0.2, -0.15) is 0 Å². The number of carbonyl (C=O) groups is 2. The Hall–Kier alpha value is -4.05. The van der Waals surface area contributed by atoms with Gasteiger partial charge in [0, 0.05) is 12.1 Å². The lowest BCUT2D eigenvalue weighted by Gasteiger charge is -2.53. The number of fused-ring (bicyclic) bond motifs is 1. The van der Waals surface area contributed by atoms with E-state index in [2.05, 4.69) is 33.9 Å². The molecule has 248 valence electrons. The van der Waals surface area contributed by atoms with Crippen LogP contribution < -0.4 is 10.6 Å². The van der Waals surface area contributed by atoms with E-state index in [1.807, 2.05) is 13.8 Å². The molecule has 0 aromatic heterocycles. The normalized spacial score (nSPS) is 22.0. The van der Waals surface area contributed by atoms with Gasteiger partial charge in [0.25, 0.3) is 5.69 Å². The molecule has 0 unspecified atom stereocenters. The maximum absolute atomic E-state index is 15.2. The summed E-state index contributed by atoms with van der Waals surface area (Å²) in [7, 11) is -6.32. The van der Waals surface area contributed by atoms with Crippen molar-refractivity contribution in [3.05, 3.63) is 112 Å². The number of nitrogens with zero attached hydrogens (tertiary/aromatic N) is 2. The zero-order chi connectivity index (χ0) is 34.5. The number of nitro benzene ring substituents is 1. The van der Waals surface area contributed by atoms with E-state index in [1.165, 1.54) is 17.0 Å². The molecule has 0 spiro atoms. The van der Waals surface area contributed by atoms with Crippen LogP contribution in [0.15, 0.2) is 96.4 Å². The van der Waals surface area contributed by atoms with Crippen LogP contribution >= 0.6 is 7.37 Å². The van der Waals surface area contributed by atoms with Gasteiger partial charge in [-0.05, 0) is 61.3 Å². The Kier molecular flexibility index (Phi) is 8.89. The third-order valence-corrected chi connectivity index (χ3v) is 16.9. The zero-order valence-corrected chi connectivity index (χ0v) is 29.6. The molecule has 2 aliphatic rings. The Balaban J connectivity index is 1.67. The molecule has 3 aromatic rings. The summed E-state index contributed by atoms with van der Waals surface area (Å²) in [6, 6.07) is 22.5. The second-order valence-electron chi connectivity index (χ2n) is 14.1. The van der Waals surface area contributed by atoms with Crippen molar-refractivity contribution in [1.82, 2.24) is 4.90 Å². The molecule has 0 radical (unpaired) electrons. The van der Waals surface area contributed by atoms with Crippen molar-refractivity contribution in [2.75, 3.05) is 0 Å². The Bertz CT molecular complexity index is 1730. The molecule has 2 aliphatic heterocycles. The topological polar surface area (TPSA) is 136 Å². The summed E-state index contributed by atoms with van der Waals surface area (Å²) in [4.78, 5) is 39.3. The number of amides is 1. The number of β-lactam (4-membered cyclic amide) rings is 1. The Morgan fingerprint density at radius 3 is 1.98 bits per heavy atom. The maximum atomic E-state index is 15.2. The van der Waals surface area contributed by atoms with E-state index in [0.29, 0.717) is 16.2 Å². The predicted molar refractivity (Wildman–Crippen MR) is 182 cm³/mol. The summed E-state index contributed by atoms with van der Waals surface area (Å²) in [5.41, 5.74) is -0.980. The van der Waals surface area contributed by atoms with Gasteiger partial charge < -0.3 is 14.1 Å². The lowest BCUT2D eigenvalue weighted by atomic mass is 9.67. The van der Waals surface area contributed by atoms with Crippen molar-refractivity contribution in [3.8, 4) is 0 Å².